The SMILES string of the molecule is CCOc1ccc(C(C)Nc2c(F)cc(Br)cc2F)cc1. The molecule has 0 fully saturated rings. The summed E-state index contributed by atoms with van der Waals surface area (Å²) in [6, 6.07) is 9.66. The third-order valence-corrected chi connectivity index (χ3v) is 3.52. The number of hydrogen-bond acceptors (Lipinski definition) is 2. The molecule has 21 heavy (non-hydrogen) atoms. The van der Waals surface area contributed by atoms with Crippen molar-refractivity contribution in [2.24, 2.45) is 0 Å². The fourth-order valence-corrected chi connectivity index (χ4v) is 2.40. The number of nitrogens with one attached hydrogen (secondary N) is 1. The molecule has 2 nitrogen and oxygen atoms in total. The van der Waals surface area contributed by atoms with Crippen molar-refractivity contribution in [1.29, 1.82) is 0 Å². The van der Waals surface area contributed by atoms with Gasteiger partial charge in [-0.2, -0.15) is 0 Å². The molecule has 0 aromatic heterocycles. The zero-order valence-corrected chi connectivity index (χ0v) is 13.4. The van der Waals surface area contributed by atoms with Crippen LogP contribution in [0.3, 0.4) is 0 Å². The molecule has 0 heterocycles. The lowest BCUT2D eigenvalue weighted by molar-refractivity contribution is 0.340. The second-order valence-electron chi connectivity index (χ2n) is 4.61. The molecule has 112 valence electrons. The second kappa shape index (κ2) is 6.89. The highest BCUT2D eigenvalue weighted by Gasteiger charge is 2.14. The van der Waals surface area contributed by atoms with Gasteiger partial charge in [0.15, 0.2) is 0 Å². The van der Waals surface area contributed by atoms with Crippen LogP contribution in [0.25, 0.3) is 0 Å². The summed E-state index contributed by atoms with van der Waals surface area (Å²) >= 11 is 3.06. The van der Waals surface area contributed by atoms with Crippen molar-refractivity contribution in [3.63, 3.8) is 0 Å². The van der Waals surface area contributed by atoms with Gasteiger partial charge in [0.25, 0.3) is 0 Å². The molecule has 1 atom stereocenters. The summed E-state index contributed by atoms with van der Waals surface area (Å²) in [5.74, 6) is -0.478. The minimum atomic E-state index is -0.625. The molecule has 1 N–H and O–H groups in total. The Morgan fingerprint density at radius 2 is 1.71 bits per heavy atom. The van der Waals surface area contributed by atoms with Crippen molar-refractivity contribution in [1.82, 2.24) is 0 Å². The fraction of sp³-hybridized carbons (Fsp3) is 0.250. The van der Waals surface area contributed by atoms with Crippen molar-refractivity contribution in [3.8, 4) is 5.75 Å². The van der Waals surface area contributed by atoms with Crippen LogP contribution in [0.4, 0.5) is 14.5 Å². The molecule has 0 aliphatic heterocycles. The molecule has 2 aromatic carbocycles. The Kier molecular flexibility index (Phi) is 5.17. The Labute approximate surface area is 131 Å². The summed E-state index contributed by atoms with van der Waals surface area (Å²) in [4.78, 5) is 0. The van der Waals surface area contributed by atoms with Gasteiger partial charge in [-0.25, -0.2) is 8.78 Å². The Morgan fingerprint density at radius 1 is 1.14 bits per heavy atom. The van der Waals surface area contributed by atoms with Crippen LogP contribution in [0, 0.1) is 11.6 Å². The van der Waals surface area contributed by atoms with Gasteiger partial charge in [0.05, 0.1) is 6.61 Å². The molecule has 0 radical (unpaired) electrons. The molecule has 0 saturated heterocycles. The number of hydrogen-bond donors (Lipinski definition) is 1. The van der Waals surface area contributed by atoms with E-state index in [2.05, 4.69) is 21.2 Å². The molecule has 0 amide bonds. The van der Waals surface area contributed by atoms with Crippen molar-refractivity contribution >= 4 is 21.6 Å². The Balaban J connectivity index is 2.16. The summed E-state index contributed by atoms with van der Waals surface area (Å²) < 4.78 is 33.3. The van der Waals surface area contributed by atoms with Gasteiger partial charge < -0.3 is 10.1 Å². The van der Waals surface area contributed by atoms with Gasteiger partial charge in [0.1, 0.15) is 23.1 Å². The van der Waals surface area contributed by atoms with Crippen molar-refractivity contribution < 1.29 is 13.5 Å². The summed E-state index contributed by atoms with van der Waals surface area (Å²) in [7, 11) is 0. The lowest BCUT2D eigenvalue weighted by Crippen LogP contribution is -2.09. The highest BCUT2D eigenvalue weighted by molar-refractivity contribution is 9.10. The molecular weight excluding hydrogens is 340 g/mol. The van der Waals surface area contributed by atoms with Crippen LogP contribution in [0.2, 0.25) is 0 Å². The first-order valence-electron chi connectivity index (χ1n) is 6.65. The lowest BCUT2D eigenvalue weighted by atomic mass is 10.1. The molecule has 2 aromatic rings. The van der Waals surface area contributed by atoms with Gasteiger partial charge in [-0.15, -0.1) is 0 Å². The predicted molar refractivity (Wildman–Crippen MR) is 83.7 cm³/mol. The van der Waals surface area contributed by atoms with Gasteiger partial charge in [0.2, 0.25) is 0 Å². The summed E-state index contributed by atoms with van der Waals surface area (Å²) in [6.07, 6.45) is 0. The van der Waals surface area contributed by atoms with Gasteiger partial charge in [-0.1, -0.05) is 28.1 Å². The number of rotatable bonds is 5. The van der Waals surface area contributed by atoms with Crippen LogP contribution in [-0.2, 0) is 0 Å². The number of benzene rings is 2. The van der Waals surface area contributed by atoms with E-state index in [-0.39, 0.29) is 11.7 Å². The average Bonchev–Trinajstić information content (AvgIpc) is 2.43. The first kappa shape index (κ1) is 15.8. The van der Waals surface area contributed by atoms with Crippen molar-refractivity contribution in [2.75, 3.05) is 11.9 Å². The van der Waals surface area contributed by atoms with E-state index in [0.717, 1.165) is 11.3 Å². The van der Waals surface area contributed by atoms with Gasteiger partial charge in [0, 0.05) is 10.5 Å². The highest BCUT2D eigenvalue weighted by atomic mass is 79.9. The molecule has 0 aliphatic carbocycles. The molecule has 5 heteroatoms. The van der Waals surface area contributed by atoms with Gasteiger partial charge >= 0.3 is 0 Å². The zero-order valence-electron chi connectivity index (χ0n) is 11.8. The Hall–Kier alpha value is -1.62. The quantitative estimate of drug-likeness (QED) is 0.785. The van der Waals surface area contributed by atoms with E-state index in [1.165, 1.54) is 12.1 Å². The van der Waals surface area contributed by atoms with E-state index in [9.17, 15) is 8.78 Å². The van der Waals surface area contributed by atoms with E-state index in [4.69, 9.17) is 4.74 Å². The standard InChI is InChI=1S/C16H16BrF2NO/c1-3-21-13-6-4-11(5-7-13)10(2)20-16-14(18)8-12(17)9-15(16)19/h4-10,20H,3H2,1-2H3. The molecule has 1 unspecified atom stereocenters. The third-order valence-electron chi connectivity index (χ3n) is 3.06. The summed E-state index contributed by atoms with van der Waals surface area (Å²) in [5, 5.41) is 2.86. The number of ether oxygens (including phenoxy) is 1. The van der Waals surface area contributed by atoms with E-state index >= 15 is 0 Å². The maximum atomic E-state index is 13.8. The van der Waals surface area contributed by atoms with Crippen LogP contribution in [0.5, 0.6) is 5.75 Å². The lowest BCUT2D eigenvalue weighted by Gasteiger charge is -2.17. The molecule has 0 spiro atoms. The minimum Gasteiger partial charge on any atom is -0.494 e. The van der Waals surface area contributed by atoms with Gasteiger partial charge in [-0.3, -0.25) is 0 Å². The molecule has 0 bridgehead atoms. The van der Waals surface area contributed by atoms with E-state index < -0.39 is 11.6 Å². The smallest absolute Gasteiger partial charge is 0.150 e. The molecule has 0 aliphatic rings. The number of anilines is 1. The Morgan fingerprint density at radius 3 is 2.24 bits per heavy atom. The monoisotopic (exact) mass is 355 g/mol. The summed E-state index contributed by atoms with van der Waals surface area (Å²) in [6.45, 7) is 4.36. The molecular formula is C16H16BrF2NO. The van der Waals surface area contributed by atoms with Crippen LogP contribution < -0.4 is 10.1 Å². The average molecular weight is 356 g/mol. The largest absolute Gasteiger partial charge is 0.494 e. The summed E-state index contributed by atoms with van der Waals surface area (Å²) in [5.41, 5.74) is 0.791. The van der Waals surface area contributed by atoms with Crippen LogP contribution in [-0.4, -0.2) is 6.61 Å². The van der Waals surface area contributed by atoms with E-state index in [1.54, 1.807) is 0 Å². The predicted octanol–water partition coefficient (Wildman–Crippen LogP) is 5.30. The number of halogens is 3. The Bertz CT molecular complexity index is 593. The first-order valence-corrected chi connectivity index (χ1v) is 7.44. The van der Waals surface area contributed by atoms with E-state index in [0.29, 0.717) is 11.1 Å². The van der Waals surface area contributed by atoms with Crippen LogP contribution in [0.1, 0.15) is 25.5 Å². The first-order chi connectivity index (χ1) is 10.0. The maximum absolute atomic E-state index is 13.8. The highest BCUT2D eigenvalue weighted by Crippen LogP contribution is 2.28. The molecule has 2 rings (SSSR count). The topological polar surface area (TPSA) is 21.3 Å². The van der Waals surface area contributed by atoms with Crippen LogP contribution in [0.15, 0.2) is 40.9 Å². The molecule has 0 saturated carbocycles. The maximum Gasteiger partial charge on any atom is 0.150 e. The minimum absolute atomic E-state index is 0.125. The fourth-order valence-electron chi connectivity index (χ4n) is 2.00. The zero-order chi connectivity index (χ0) is 15.4. The van der Waals surface area contributed by atoms with Crippen molar-refractivity contribution in [3.05, 3.63) is 58.1 Å². The van der Waals surface area contributed by atoms with Crippen molar-refractivity contribution in [2.45, 2.75) is 19.9 Å². The third kappa shape index (κ3) is 3.94. The normalized spacial score (nSPS) is 12.0. The van der Waals surface area contributed by atoms with E-state index in [1.807, 2.05) is 38.1 Å². The van der Waals surface area contributed by atoms with Crippen LogP contribution >= 0.6 is 15.9 Å². The second-order valence-corrected chi connectivity index (χ2v) is 5.53. The van der Waals surface area contributed by atoms with Gasteiger partial charge in [-0.05, 0) is 43.7 Å².